The van der Waals surface area contributed by atoms with Gasteiger partial charge in [0.25, 0.3) is 0 Å². The van der Waals surface area contributed by atoms with Crippen LogP contribution >= 0.6 is 0 Å². The fourth-order valence-electron chi connectivity index (χ4n) is 1.48. The number of ether oxygens (including phenoxy) is 2. The van der Waals surface area contributed by atoms with Gasteiger partial charge in [-0.3, -0.25) is 0 Å². The van der Waals surface area contributed by atoms with Gasteiger partial charge in [-0.1, -0.05) is 5.16 Å². The summed E-state index contributed by atoms with van der Waals surface area (Å²) in [6.07, 6.45) is 0. The molecule has 1 heterocycles. The topological polar surface area (TPSA) is 61.6 Å². The Bertz CT molecular complexity index is 579. The summed E-state index contributed by atoms with van der Waals surface area (Å²) in [6, 6.07) is 5.33. The van der Waals surface area contributed by atoms with Crippen molar-refractivity contribution in [1.29, 1.82) is 0 Å². The first-order valence-electron chi connectivity index (χ1n) is 5.04. The van der Waals surface area contributed by atoms with E-state index in [1.54, 1.807) is 0 Å². The second kappa shape index (κ2) is 4.87. The monoisotopic (exact) mass is 251 g/mol. The van der Waals surface area contributed by atoms with Gasteiger partial charge in [0, 0.05) is 6.07 Å². The Labute approximate surface area is 102 Å². The Hall–Kier alpha value is -2.37. The van der Waals surface area contributed by atoms with Gasteiger partial charge in [-0.15, -0.1) is 0 Å². The summed E-state index contributed by atoms with van der Waals surface area (Å²) in [6.45, 7) is 0. The van der Waals surface area contributed by atoms with Crippen LogP contribution in [-0.2, 0) is 4.74 Å². The first kappa shape index (κ1) is 12.1. The van der Waals surface area contributed by atoms with Crippen molar-refractivity contribution in [3.05, 3.63) is 35.8 Å². The van der Waals surface area contributed by atoms with Gasteiger partial charge in [0.1, 0.15) is 11.6 Å². The van der Waals surface area contributed by atoms with E-state index in [9.17, 15) is 9.18 Å². The number of rotatable bonds is 3. The molecule has 0 fully saturated rings. The lowest BCUT2D eigenvalue weighted by molar-refractivity contribution is 0.0589. The van der Waals surface area contributed by atoms with Gasteiger partial charge < -0.3 is 14.0 Å². The molecule has 94 valence electrons. The number of aromatic nitrogens is 1. The van der Waals surface area contributed by atoms with Gasteiger partial charge in [-0.2, -0.15) is 0 Å². The highest BCUT2D eigenvalue weighted by Crippen LogP contribution is 2.31. The minimum Gasteiger partial charge on any atom is -0.496 e. The number of hydrogen-bond acceptors (Lipinski definition) is 5. The Morgan fingerprint density at radius 3 is 2.78 bits per heavy atom. The fraction of sp³-hybridized carbons (Fsp3) is 0.167. The largest absolute Gasteiger partial charge is 0.496 e. The Balaban J connectivity index is 2.45. The van der Waals surface area contributed by atoms with E-state index in [0.29, 0.717) is 11.3 Å². The summed E-state index contributed by atoms with van der Waals surface area (Å²) in [5.41, 5.74) is 0.388. The number of esters is 1. The molecule has 5 nitrogen and oxygen atoms in total. The number of benzene rings is 1. The predicted octanol–water partition coefficient (Wildman–Crippen LogP) is 2.28. The molecule has 18 heavy (non-hydrogen) atoms. The molecule has 0 aliphatic rings. The number of nitrogens with zero attached hydrogens (tertiary/aromatic N) is 1. The first-order valence-corrected chi connectivity index (χ1v) is 5.04. The lowest BCUT2D eigenvalue weighted by Gasteiger charge is -2.04. The molecule has 6 heteroatoms. The van der Waals surface area contributed by atoms with Crippen LogP contribution in [0.4, 0.5) is 4.39 Å². The van der Waals surface area contributed by atoms with Crippen LogP contribution in [0.25, 0.3) is 11.3 Å². The van der Waals surface area contributed by atoms with Crippen LogP contribution in [0.1, 0.15) is 10.5 Å². The highest BCUT2D eigenvalue weighted by atomic mass is 19.1. The number of carbonyl (C=O) groups excluding carboxylic acids is 1. The minimum absolute atomic E-state index is 0.0128. The number of methoxy groups -OCH3 is 2. The summed E-state index contributed by atoms with van der Waals surface area (Å²) in [7, 11) is 2.69. The van der Waals surface area contributed by atoms with Gasteiger partial charge in [0.2, 0.25) is 0 Å². The third-order valence-electron chi connectivity index (χ3n) is 2.33. The van der Waals surface area contributed by atoms with Gasteiger partial charge >= 0.3 is 5.97 Å². The Morgan fingerprint density at radius 1 is 1.33 bits per heavy atom. The SMILES string of the molecule is COC(=O)c1cc(-c2cc(F)ccc2OC)on1. The third kappa shape index (κ3) is 2.17. The molecule has 0 unspecified atom stereocenters. The molecular weight excluding hydrogens is 241 g/mol. The zero-order valence-corrected chi connectivity index (χ0v) is 9.77. The molecule has 0 N–H and O–H groups in total. The van der Waals surface area contributed by atoms with Gasteiger partial charge in [-0.25, -0.2) is 9.18 Å². The van der Waals surface area contributed by atoms with Gasteiger partial charge in [-0.05, 0) is 18.2 Å². The van der Waals surface area contributed by atoms with E-state index < -0.39 is 11.8 Å². The molecular formula is C12H10FNO4. The van der Waals surface area contributed by atoms with Crippen molar-refractivity contribution in [3.8, 4) is 17.1 Å². The molecule has 1 aromatic carbocycles. The smallest absolute Gasteiger partial charge is 0.360 e. The molecule has 1 aromatic heterocycles. The second-order valence-electron chi connectivity index (χ2n) is 3.41. The molecule has 0 aliphatic heterocycles. The van der Waals surface area contributed by atoms with Crippen LogP contribution in [0.15, 0.2) is 28.8 Å². The fourth-order valence-corrected chi connectivity index (χ4v) is 1.48. The van der Waals surface area contributed by atoms with Crippen molar-refractivity contribution in [2.75, 3.05) is 14.2 Å². The van der Waals surface area contributed by atoms with E-state index >= 15 is 0 Å². The van der Waals surface area contributed by atoms with Crippen molar-refractivity contribution in [2.24, 2.45) is 0 Å². The van der Waals surface area contributed by atoms with Gasteiger partial charge in [0.15, 0.2) is 11.5 Å². The van der Waals surface area contributed by atoms with Crippen LogP contribution in [0.5, 0.6) is 5.75 Å². The number of carbonyl (C=O) groups is 1. The van der Waals surface area contributed by atoms with Crippen LogP contribution in [0.2, 0.25) is 0 Å². The maximum atomic E-state index is 13.2. The predicted molar refractivity (Wildman–Crippen MR) is 59.8 cm³/mol. The molecule has 0 aliphatic carbocycles. The third-order valence-corrected chi connectivity index (χ3v) is 2.33. The zero-order chi connectivity index (χ0) is 13.1. The van der Waals surface area contributed by atoms with E-state index in [1.165, 1.54) is 38.5 Å². The lowest BCUT2D eigenvalue weighted by atomic mass is 10.1. The van der Waals surface area contributed by atoms with Gasteiger partial charge in [0.05, 0.1) is 19.8 Å². The van der Waals surface area contributed by atoms with Crippen LogP contribution < -0.4 is 4.74 Å². The number of halogens is 1. The average Bonchev–Trinajstić information content (AvgIpc) is 2.87. The summed E-state index contributed by atoms with van der Waals surface area (Å²) in [5, 5.41) is 3.54. The van der Waals surface area contributed by atoms with E-state index in [2.05, 4.69) is 9.89 Å². The van der Waals surface area contributed by atoms with Crippen molar-refractivity contribution >= 4 is 5.97 Å². The second-order valence-corrected chi connectivity index (χ2v) is 3.41. The lowest BCUT2D eigenvalue weighted by Crippen LogP contribution is -2.00. The zero-order valence-electron chi connectivity index (χ0n) is 9.77. The molecule has 0 radical (unpaired) electrons. The van der Waals surface area contributed by atoms with E-state index in [4.69, 9.17) is 9.26 Å². The van der Waals surface area contributed by atoms with E-state index in [1.807, 2.05) is 0 Å². The average molecular weight is 251 g/mol. The summed E-state index contributed by atoms with van der Waals surface area (Å²) in [5.74, 6) is -0.419. The highest BCUT2D eigenvalue weighted by Gasteiger charge is 2.17. The highest BCUT2D eigenvalue weighted by molar-refractivity contribution is 5.88. The molecule has 2 aromatic rings. The molecule has 2 rings (SSSR count). The van der Waals surface area contributed by atoms with Crippen molar-refractivity contribution in [2.45, 2.75) is 0 Å². The van der Waals surface area contributed by atoms with Crippen molar-refractivity contribution in [1.82, 2.24) is 5.16 Å². The Morgan fingerprint density at radius 2 is 2.11 bits per heavy atom. The van der Waals surface area contributed by atoms with Crippen molar-refractivity contribution < 1.29 is 23.2 Å². The normalized spacial score (nSPS) is 10.2. The molecule has 0 amide bonds. The van der Waals surface area contributed by atoms with Crippen molar-refractivity contribution in [3.63, 3.8) is 0 Å². The molecule has 0 atom stereocenters. The molecule has 0 saturated heterocycles. The van der Waals surface area contributed by atoms with Crippen LogP contribution in [0, 0.1) is 5.82 Å². The minimum atomic E-state index is -0.625. The standard InChI is InChI=1S/C12H10FNO4/c1-16-10-4-3-7(13)5-8(10)11-6-9(14-18-11)12(15)17-2/h3-6H,1-2H3. The molecule has 0 saturated carbocycles. The van der Waals surface area contributed by atoms with Crippen LogP contribution in [-0.4, -0.2) is 25.3 Å². The maximum absolute atomic E-state index is 13.2. The van der Waals surface area contributed by atoms with Crippen LogP contribution in [0.3, 0.4) is 0 Å². The number of hydrogen-bond donors (Lipinski definition) is 0. The quantitative estimate of drug-likeness (QED) is 0.783. The van der Waals surface area contributed by atoms with E-state index in [-0.39, 0.29) is 11.5 Å². The summed E-state index contributed by atoms with van der Waals surface area (Å²) >= 11 is 0. The maximum Gasteiger partial charge on any atom is 0.360 e. The summed E-state index contributed by atoms with van der Waals surface area (Å²) in [4.78, 5) is 11.2. The van der Waals surface area contributed by atoms with E-state index in [0.717, 1.165) is 0 Å². The first-order chi connectivity index (χ1) is 8.65. The molecule has 0 bridgehead atoms. The molecule has 0 spiro atoms. The Kier molecular flexibility index (Phi) is 3.27. The summed E-state index contributed by atoms with van der Waals surface area (Å²) < 4.78 is 27.7.